The Balaban J connectivity index is 2.11. The Hall–Kier alpha value is -1.74. The normalized spacial score (nSPS) is 12.4. The van der Waals surface area contributed by atoms with Gasteiger partial charge in [-0.2, -0.15) is 0 Å². The summed E-state index contributed by atoms with van der Waals surface area (Å²) >= 11 is 0. The van der Waals surface area contributed by atoms with Crippen molar-refractivity contribution in [1.29, 1.82) is 0 Å². The van der Waals surface area contributed by atoms with Crippen molar-refractivity contribution in [3.63, 3.8) is 0 Å². The summed E-state index contributed by atoms with van der Waals surface area (Å²) < 4.78 is 26.2. The van der Waals surface area contributed by atoms with Gasteiger partial charge in [0.25, 0.3) is 0 Å². The van der Waals surface area contributed by atoms with E-state index in [1.54, 1.807) is 0 Å². The monoisotopic (exact) mass is 276 g/mol. The number of aliphatic hydroxyl groups excluding tert-OH is 1. The van der Waals surface area contributed by atoms with E-state index in [9.17, 15) is 13.9 Å². The highest BCUT2D eigenvalue weighted by atomic mass is 19.1. The lowest BCUT2D eigenvalue weighted by Crippen LogP contribution is -2.15. The molecule has 0 saturated heterocycles. The third kappa shape index (κ3) is 3.64. The fourth-order valence-electron chi connectivity index (χ4n) is 2.48. The van der Waals surface area contributed by atoms with Crippen LogP contribution in [-0.2, 0) is 12.8 Å². The minimum Gasteiger partial charge on any atom is -0.392 e. The third-order valence-electron chi connectivity index (χ3n) is 3.48. The highest BCUT2D eigenvalue weighted by Gasteiger charge is 2.12. The van der Waals surface area contributed by atoms with Gasteiger partial charge in [-0.1, -0.05) is 18.2 Å². The Morgan fingerprint density at radius 2 is 1.50 bits per heavy atom. The Bertz CT molecular complexity index is 567. The van der Waals surface area contributed by atoms with E-state index < -0.39 is 17.7 Å². The summed E-state index contributed by atoms with van der Waals surface area (Å²) in [6.07, 6.45) is 0.0648. The molecule has 0 aromatic heterocycles. The van der Waals surface area contributed by atoms with Crippen molar-refractivity contribution < 1.29 is 13.9 Å². The van der Waals surface area contributed by atoms with Crippen molar-refractivity contribution in [3.8, 4) is 0 Å². The molecule has 0 aliphatic heterocycles. The molecule has 1 nitrogen and oxygen atoms in total. The molecule has 1 N–H and O–H groups in total. The second-order valence-corrected chi connectivity index (χ2v) is 5.21. The predicted molar refractivity (Wildman–Crippen MR) is 75.7 cm³/mol. The Kier molecular flexibility index (Phi) is 4.50. The molecule has 3 heteroatoms. The van der Waals surface area contributed by atoms with E-state index >= 15 is 0 Å². The maximum atomic E-state index is 13.1. The molecule has 1 atom stereocenters. The summed E-state index contributed by atoms with van der Waals surface area (Å²) in [6, 6.07) is 9.33. The van der Waals surface area contributed by atoms with Gasteiger partial charge < -0.3 is 5.11 Å². The number of rotatable bonds is 4. The van der Waals surface area contributed by atoms with E-state index in [4.69, 9.17) is 0 Å². The first-order chi connectivity index (χ1) is 9.45. The van der Waals surface area contributed by atoms with Crippen molar-refractivity contribution in [2.24, 2.45) is 0 Å². The zero-order valence-corrected chi connectivity index (χ0v) is 11.7. The molecule has 0 radical (unpaired) electrons. The van der Waals surface area contributed by atoms with Crippen molar-refractivity contribution in [1.82, 2.24) is 0 Å². The third-order valence-corrected chi connectivity index (χ3v) is 3.48. The van der Waals surface area contributed by atoms with E-state index in [0.717, 1.165) is 22.8 Å². The molecule has 0 bridgehead atoms. The Labute approximate surface area is 117 Å². The van der Waals surface area contributed by atoms with E-state index in [1.807, 2.05) is 32.0 Å². The fourth-order valence-corrected chi connectivity index (χ4v) is 2.48. The van der Waals surface area contributed by atoms with Crippen LogP contribution >= 0.6 is 0 Å². The fraction of sp³-hybridized carbons (Fsp3) is 0.294. The van der Waals surface area contributed by atoms with Crippen molar-refractivity contribution in [2.45, 2.75) is 32.8 Å². The maximum Gasteiger partial charge on any atom is 0.126 e. The van der Waals surface area contributed by atoms with E-state index in [-0.39, 0.29) is 6.42 Å². The summed E-state index contributed by atoms with van der Waals surface area (Å²) in [4.78, 5) is 0. The number of halogens is 2. The molecule has 0 spiro atoms. The second kappa shape index (κ2) is 6.14. The van der Waals surface area contributed by atoms with Gasteiger partial charge in [-0.15, -0.1) is 0 Å². The summed E-state index contributed by atoms with van der Waals surface area (Å²) in [5, 5.41) is 10.1. The van der Waals surface area contributed by atoms with Crippen LogP contribution in [0.5, 0.6) is 0 Å². The first kappa shape index (κ1) is 14.7. The van der Waals surface area contributed by atoms with Gasteiger partial charge in [0.2, 0.25) is 0 Å². The van der Waals surface area contributed by atoms with Crippen LogP contribution in [0.25, 0.3) is 0 Å². The summed E-state index contributed by atoms with van der Waals surface area (Å²) in [7, 11) is 0. The summed E-state index contributed by atoms with van der Waals surface area (Å²) in [5.41, 5.74) is 3.81. The van der Waals surface area contributed by atoms with Crippen LogP contribution in [0, 0.1) is 25.5 Å². The molecule has 2 rings (SSSR count). The van der Waals surface area contributed by atoms with Crippen LogP contribution < -0.4 is 0 Å². The smallest absolute Gasteiger partial charge is 0.126 e. The maximum absolute atomic E-state index is 13.1. The molecule has 2 aromatic rings. The molecular weight excluding hydrogens is 258 g/mol. The highest BCUT2D eigenvalue weighted by Crippen LogP contribution is 2.18. The van der Waals surface area contributed by atoms with Crippen LogP contribution in [0.3, 0.4) is 0 Å². The Morgan fingerprint density at radius 3 is 2.05 bits per heavy atom. The molecule has 20 heavy (non-hydrogen) atoms. The van der Waals surface area contributed by atoms with E-state index in [0.29, 0.717) is 12.0 Å². The van der Waals surface area contributed by atoms with Gasteiger partial charge in [-0.05, 0) is 61.1 Å². The van der Waals surface area contributed by atoms with Crippen LogP contribution in [-0.4, -0.2) is 11.2 Å². The first-order valence-corrected chi connectivity index (χ1v) is 6.64. The largest absolute Gasteiger partial charge is 0.392 e. The summed E-state index contributed by atoms with van der Waals surface area (Å²) in [5.74, 6) is -1.22. The molecule has 0 saturated carbocycles. The SMILES string of the molecule is Cc1cccc(C)c1CC(O)Cc1cc(F)cc(F)c1. The lowest BCUT2D eigenvalue weighted by Gasteiger charge is -2.15. The van der Waals surface area contributed by atoms with Gasteiger partial charge in [-0.25, -0.2) is 8.78 Å². The highest BCUT2D eigenvalue weighted by molar-refractivity contribution is 5.34. The molecule has 0 aliphatic rings. The van der Waals surface area contributed by atoms with E-state index in [2.05, 4.69) is 0 Å². The van der Waals surface area contributed by atoms with Gasteiger partial charge in [0, 0.05) is 6.07 Å². The van der Waals surface area contributed by atoms with Gasteiger partial charge in [0.05, 0.1) is 6.10 Å². The van der Waals surface area contributed by atoms with Crippen molar-refractivity contribution >= 4 is 0 Å². The van der Waals surface area contributed by atoms with Crippen molar-refractivity contribution in [2.75, 3.05) is 0 Å². The van der Waals surface area contributed by atoms with Gasteiger partial charge in [0.1, 0.15) is 11.6 Å². The quantitative estimate of drug-likeness (QED) is 0.902. The number of aliphatic hydroxyl groups is 1. The Morgan fingerprint density at radius 1 is 0.950 bits per heavy atom. The second-order valence-electron chi connectivity index (χ2n) is 5.21. The zero-order valence-electron chi connectivity index (χ0n) is 11.7. The van der Waals surface area contributed by atoms with E-state index in [1.165, 1.54) is 12.1 Å². The number of hydrogen-bond acceptors (Lipinski definition) is 1. The molecule has 2 aromatic carbocycles. The van der Waals surface area contributed by atoms with Gasteiger partial charge in [-0.3, -0.25) is 0 Å². The molecule has 0 fully saturated rings. The zero-order chi connectivity index (χ0) is 14.7. The standard InChI is InChI=1S/C17H18F2O/c1-11-4-3-5-12(2)17(11)10-16(20)8-13-6-14(18)9-15(19)7-13/h3-7,9,16,20H,8,10H2,1-2H3. The summed E-state index contributed by atoms with van der Waals surface area (Å²) in [6.45, 7) is 3.99. The molecule has 0 aliphatic carbocycles. The number of aryl methyl sites for hydroxylation is 2. The minimum absolute atomic E-state index is 0.239. The number of hydrogen-bond donors (Lipinski definition) is 1. The topological polar surface area (TPSA) is 20.2 Å². The van der Waals surface area contributed by atoms with Crippen LogP contribution in [0.4, 0.5) is 8.78 Å². The number of benzene rings is 2. The lowest BCUT2D eigenvalue weighted by atomic mass is 9.95. The first-order valence-electron chi connectivity index (χ1n) is 6.64. The van der Waals surface area contributed by atoms with Crippen molar-refractivity contribution in [3.05, 3.63) is 70.3 Å². The minimum atomic E-state index is -0.656. The molecule has 1 unspecified atom stereocenters. The van der Waals surface area contributed by atoms with Gasteiger partial charge in [0.15, 0.2) is 0 Å². The van der Waals surface area contributed by atoms with Gasteiger partial charge >= 0.3 is 0 Å². The van der Waals surface area contributed by atoms with Crippen LogP contribution in [0.15, 0.2) is 36.4 Å². The predicted octanol–water partition coefficient (Wildman–Crippen LogP) is 3.73. The molecule has 0 amide bonds. The average molecular weight is 276 g/mol. The molecule has 0 heterocycles. The van der Waals surface area contributed by atoms with Crippen LogP contribution in [0.2, 0.25) is 0 Å². The molecular formula is C17H18F2O. The lowest BCUT2D eigenvalue weighted by molar-refractivity contribution is 0.175. The molecule has 106 valence electrons. The van der Waals surface area contributed by atoms with Crippen LogP contribution in [0.1, 0.15) is 22.3 Å². The average Bonchev–Trinajstić information content (AvgIpc) is 2.32.